The molecule has 0 N–H and O–H groups in total. The third-order valence-corrected chi connectivity index (χ3v) is 5.85. The van der Waals surface area contributed by atoms with Gasteiger partial charge in [-0.25, -0.2) is 0 Å². The summed E-state index contributed by atoms with van der Waals surface area (Å²) in [6.07, 6.45) is 17.1. The summed E-state index contributed by atoms with van der Waals surface area (Å²) in [5.74, 6) is -1.12. The predicted octanol–water partition coefficient (Wildman–Crippen LogP) is 6.73. The zero-order valence-electron chi connectivity index (χ0n) is 18.5. The summed E-state index contributed by atoms with van der Waals surface area (Å²) in [7, 11) is 3.13. The first-order chi connectivity index (χ1) is 13.7. The Morgan fingerprint density at radius 2 is 1.32 bits per heavy atom. The second-order valence-electron chi connectivity index (χ2n) is 7.96. The van der Waals surface area contributed by atoms with Crippen molar-refractivity contribution >= 4 is 6.29 Å². The van der Waals surface area contributed by atoms with Gasteiger partial charge in [-0.05, 0) is 18.4 Å². The molecule has 28 heavy (non-hydrogen) atoms. The number of methoxy groups -OCH3 is 2. The van der Waals surface area contributed by atoms with Gasteiger partial charge >= 0.3 is 0 Å². The molecule has 1 aromatic rings. The topological polar surface area (TPSA) is 35.5 Å². The highest BCUT2D eigenvalue weighted by Gasteiger charge is 2.38. The molecule has 0 aliphatic rings. The highest BCUT2D eigenvalue weighted by molar-refractivity contribution is 5.61. The summed E-state index contributed by atoms with van der Waals surface area (Å²) in [4.78, 5) is 11.8. The van der Waals surface area contributed by atoms with Crippen LogP contribution in [0, 0.1) is 5.92 Å². The molecule has 0 spiro atoms. The first kappa shape index (κ1) is 24.8. The van der Waals surface area contributed by atoms with Gasteiger partial charge in [0.15, 0.2) is 6.29 Å². The third-order valence-electron chi connectivity index (χ3n) is 5.85. The molecule has 0 saturated heterocycles. The van der Waals surface area contributed by atoms with Crippen LogP contribution in [0.4, 0.5) is 0 Å². The second kappa shape index (κ2) is 15.7. The van der Waals surface area contributed by atoms with Crippen molar-refractivity contribution in [2.24, 2.45) is 5.92 Å². The Hall–Kier alpha value is -1.19. The summed E-state index contributed by atoms with van der Waals surface area (Å²) < 4.78 is 11.1. The standard InChI is InChI=1S/C25H42O3/c1-4-5-6-7-8-9-10-11-12-13-17-20-24(25(22-26,27-2)28-3)21-23-18-15-14-16-19-23/h14-16,18-19,22,24H,4-13,17,20-21H2,1-3H3. The fourth-order valence-electron chi connectivity index (χ4n) is 4.01. The normalized spacial score (nSPS) is 12.8. The number of carbonyl (C=O) groups excluding carboxylic acids is 1. The highest BCUT2D eigenvalue weighted by atomic mass is 16.7. The zero-order chi connectivity index (χ0) is 20.5. The van der Waals surface area contributed by atoms with Crippen LogP contribution in [-0.4, -0.2) is 26.3 Å². The maximum atomic E-state index is 11.8. The molecule has 0 aliphatic heterocycles. The number of hydrogen-bond donors (Lipinski definition) is 0. The van der Waals surface area contributed by atoms with Gasteiger partial charge in [0.1, 0.15) is 0 Å². The molecule has 0 aromatic heterocycles. The van der Waals surface area contributed by atoms with Crippen molar-refractivity contribution in [3.63, 3.8) is 0 Å². The van der Waals surface area contributed by atoms with Crippen LogP contribution in [0.1, 0.15) is 89.5 Å². The predicted molar refractivity (Wildman–Crippen MR) is 118 cm³/mol. The molecule has 3 nitrogen and oxygen atoms in total. The van der Waals surface area contributed by atoms with Crippen LogP contribution in [0.3, 0.4) is 0 Å². The maximum absolute atomic E-state index is 11.8. The number of carbonyl (C=O) groups is 1. The van der Waals surface area contributed by atoms with Crippen molar-refractivity contribution in [1.29, 1.82) is 0 Å². The van der Waals surface area contributed by atoms with E-state index < -0.39 is 5.79 Å². The third kappa shape index (κ3) is 9.34. The van der Waals surface area contributed by atoms with Crippen molar-refractivity contribution in [2.45, 2.75) is 96.2 Å². The van der Waals surface area contributed by atoms with Gasteiger partial charge in [-0.15, -0.1) is 0 Å². The Morgan fingerprint density at radius 3 is 1.79 bits per heavy atom. The lowest BCUT2D eigenvalue weighted by Gasteiger charge is -2.33. The summed E-state index contributed by atoms with van der Waals surface area (Å²) in [5, 5.41) is 0. The molecule has 0 radical (unpaired) electrons. The molecule has 1 atom stereocenters. The molecular formula is C25H42O3. The minimum Gasteiger partial charge on any atom is -0.347 e. The molecule has 0 bridgehead atoms. The number of ether oxygens (including phenoxy) is 2. The lowest BCUT2D eigenvalue weighted by Crippen LogP contribution is -2.44. The number of unbranched alkanes of at least 4 members (excludes halogenated alkanes) is 10. The molecule has 0 saturated carbocycles. The summed E-state index contributed by atoms with van der Waals surface area (Å²) in [6, 6.07) is 10.3. The summed E-state index contributed by atoms with van der Waals surface area (Å²) in [5.41, 5.74) is 1.22. The molecular weight excluding hydrogens is 348 g/mol. The summed E-state index contributed by atoms with van der Waals surface area (Å²) >= 11 is 0. The fraction of sp³-hybridized carbons (Fsp3) is 0.720. The minimum atomic E-state index is -1.14. The van der Waals surface area contributed by atoms with E-state index in [1.54, 1.807) is 14.2 Å². The number of aldehydes is 1. The Kier molecular flexibility index (Phi) is 13.9. The smallest absolute Gasteiger partial charge is 0.228 e. The molecule has 0 aliphatic carbocycles. The maximum Gasteiger partial charge on any atom is 0.228 e. The number of hydrogen-bond acceptors (Lipinski definition) is 3. The van der Waals surface area contributed by atoms with E-state index in [2.05, 4.69) is 19.1 Å². The molecule has 0 heterocycles. The van der Waals surface area contributed by atoms with E-state index >= 15 is 0 Å². The van der Waals surface area contributed by atoms with Crippen molar-refractivity contribution in [2.75, 3.05) is 14.2 Å². The van der Waals surface area contributed by atoms with Gasteiger partial charge in [0.2, 0.25) is 5.79 Å². The molecule has 1 unspecified atom stereocenters. The zero-order valence-corrected chi connectivity index (χ0v) is 18.5. The fourth-order valence-corrected chi connectivity index (χ4v) is 4.01. The van der Waals surface area contributed by atoms with Crippen LogP contribution < -0.4 is 0 Å². The van der Waals surface area contributed by atoms with E-state index in [-0.39, 0.29) is 5.92 Å². The molecule has 3 heteroatoms. The van der Waals surface area contributed by atoms with E-state index in [9.17, 15) is 4.79 Å². The lowest BCUT2D eigenvalue weighted by atomic mass is 9.86. The van der Waals surface area contributed by atoms with Crippen molar-refractivity contribution in [1.82, 2.24) is 0 Å². The van der Waals surface area contributed by atoms with E-state index in [4.69, 9.17) is 9.47 Å². The molecule has 0 amide bonds. The molecule has 0 fully saturated rings. The molecule has 1 aromatic carbocycles. The van der Waals surface area contributed by atoms with Gasteiger partial charge in [0, 0.05) is 20.1 Å². The average molecular weight is 391 g/mol. The largest absolute Gasteiger partial charge is 0.347 e. The van der Waals surface area contributed by atoms with E-state index in [0.29, 0.717) is 0 Å². The lowest BCUT2D eigenvalue weighted by molar-refractivity contribution is -0.221. The first-order valence-corrected chi connectivity index (χ1v) is 11.3. The van der Waals surface area contributed by atoms with Gasteiger partial charge in [0.05, 0.1) is 0 Å². The van der Waals surface area contributed by atoms with E-state index in [1.165, 1.54) is 69.8 Å². The number of rotatable bonds is 18. The van der Waals surface area contributed by atoms with Crippen molar-refractivity contribution < 1.29 is 14.3 Å². The second-order valence-corrected chi connectivity index (χ2v) is 7.96. The minimum absolute atomic E-state index is 0.0287. The van der Waals surface area contributed by atoms with Gasteiger partial charge in [-0.2, -0.15) is 0 Å². The van der Waals surface area contributed by atoms with Crippen LogP contribution in [-0.2, 0) is 20.7 Å². The van der Waals surface area contributed by atoms with E-state index in [1.807, 2.05) is 18.2 Å². The van der Waals surface area contributed by atoms with Gasteiger partial charge in [-0.1, -0.05) is 108 Å². The Morgan fingerprint density at radius 1 is 0.821 bits per heavy atom. The van der Waals surface area contributed by atoms with Gasteiger partial charge in [0.25, 0.3) is 0 Å². The first-order valence-electron chi connectivity index (χ1n) is 11.3. The Balaban J connectivity index is 2.34. The van der Waals surface area contributed by atoms with Crippen LogP contribution >= 0.6 is 0 Å². The van der Waals surface area contributed by atoms with Crippen LogP contribution in [0.15, 0.2) is 30.3 Å². The van der Waals surface area contributed by atoms with E-state index in [0.717, 1.165) is 25.5 Å². The average Bonchev–Trinajstić information content (AvgIpc) is 2.74. The molecule has 1 rings (SSSR count). The number of benzene rings is 1. The van der Waals surface area contributed by atoms with Crippen molar-refractivity contribution in [3.05, 3.63) is 35.9 Å². The Bertz CT molecular complexity index is 482. The van der Waals surface area contributed by atoms with Crippen LogP contribution in [0.25, 0.3) is 0 Å². The summed E-state index contributed by atoms with van der Waals surface area (Å²) in [6.45, 7) is 2.27. The molecule has 160 valence electrons. The van der Waals surface area contributed by atoms with Crippen molar-refractivity contribution in [3.8, 4) is 0 Å². The van der Waals surface area contributed by atoms with Gasteiger partial charge < -0.3 is 9.47 Å². The quantitative estimate of drug-likeness (QED) is 0.158. The van der Waals surface area contributed by atoms with Crippen LogP contribution in [0.5, 0.6) is 0 Å². The van der Waals surface area contributed by atoms with Crippen LogP contribution in [0.2, 0.25) is 0 Å². The SMILES string of the molecule is CCCCCCCCCCCCCC(Cc1ccccc1)C(C=O)(OC)OC. The van der Waals surface area contributed by atoms with Gasteiger partial charge in [-0.3, -0.25) is 4.79 Å². The monoisotopic (exact) mass is 390 g/mol. The Labute approximate surface area is 173 Å². The highest BCUT2D eigenvalue weighted by Crippen LogP contribution is 2.29.